The van der Waals surface area contributed by atoms with E-state index in [0.29, 0.717) is 5.92 Å². The summed E-state index contributed by atoms with van der Waals surface area (Å²) < 4.78 is 0. The number of nitrogens with zero attached hydrogens (tertiary/aromatic N) is 1. The number of halogens is 1. The topological polar surface area (TPSA) is 12.9 Å². The molecular formula is C12H12ClN. The number of benzene rings is 1. The minimum Gasteiger partial charge on any atom is -0.256 e. The number of aromatic nitrogens is 1. The molecule has 0 fully saturated rings. The number of hydrogen-bond acceptors (Lipinski definition) is 1. The standard InChI is InChI=1S/C12H12ClN/c1-8(2)11-10(13)6-5-9-4-3-7-14-12(9)11/h3-8H,1-2H3. The summed E-state index contributed by atoms with van der Waals surface area (Å²) in [6.07, 6.45) is 1.81. The van der Waals surface area contributed by atoms with Crippen molar-refractivity contribution in [2.24, 2.45) is 0 Å². The predicted molar refractivity (Wildman–Crippen MR) is 60.8 cm³/mol. The van der Waals surface area contributed by atoms with E-state index in [9.17, 15) is 0 Å². The van der Waals surface area contributed by atoms with Gasteiger partial charge in [0.1, 0.15) is 0 Å². The minimum atomic E-state index is 0.404. The maximum atomic E-state index is 6.16. The zero-order valence-corrected chi connectivity index (χ0v) is 9.05. The van der Waals surface area contributed by atoms with Crippen LogP contribution in [-0.2, 0) is 0 Å². The van der Waals surface area contributed by atoms with Gasteiger partial charge in [-0.05, 0) is 23.6 Å². The first-order valence-corrected chi connectivity index (χ1v) is 5.11. The lowest BCUT2D eigenvalue weighted by Gasteiger charge is -2.10. The van der Waals surface area contributed by atoms with Crippen LogP contribution in [0.1, 0.15) is 25.3 Å². The highest BCUT2D eigenvalue weighted by Crippen LogP contribution is 2.30. The Kier molecular flexibility index (Phi) is 2.42. The van der Waals surface area contributed by atoms with Crippen molar-refractivity contribution in [2.75, 3.05) is 0 Å². The zero-order chi connectivity index (χ0) is 10.1. The molecule has 0 bridgehead atoms. The van der Waals surface area contributed by atoms with E-state index in [1.807, 2.05) is 24.4 Å². The molecule has 0 saturated heterocycles. The summed E-state index contributed by atoms with van der Waals surface area (Å²) in [7, 11) is 0. The van der Waals surface area contributed by atoms with Gasteiger partial charge in [0.15, 0.2) is 0 Å². The van der Waals surface area contributed by atoms with Crippen molar-refractivity contribution < 1.29 is 0 Å². The zero-order valence-electron chi connectivity index (χ0n) is 8.29. The number of rotatable bonds is 1. The second-order valence-electron chi connectivity index (χ2n) is 3.69. The maximum Gasteiger partial charge on any atom is 0.0751 e. The average molecular weight is 206 g/mol. The van der Waals surface area contributed by atoms with Crippen LogP contribution < -0.4 is 0 Å². The second kappa shape index (κ2) is 3.58. The molecule has 0 N–H and O–H groups in total. The molecule has 2 aromatic rings. The summed E-state index contributed by atoms with van der Waals surface area (Å²) >= 11 is 6.16. The van der Waals surface area contributed by atoms with Gasteiger partial charge in [0.25, 0.3) is 0 Å². The van der Waals surface area contributed by atoms with E-state index in [-0.39, 0.29) is 0 Å². The van der Waals surface area contributed by atoms with Crippen molar-refractivity contribution in [1.29, 1.82) is 0 Å². The Morgan fingerprint density at radius 1 is 1.21 bits per heavy atom. The third-order valence-electron chi connectivity index (χ3n) is 2.34. The third kappa shape index (κ3) is 1.48. The molecule has 0 aliphatic heterocycles. The molecule has 72 valence electrons. The molecule has 2 heteroatoms. The van der Waals surface area contributed by atoms with E-state index >= 15 is 0 Å². The van der Waals surface area contributed by atoms with Crippen LogP contribution in [0.4, 0.5) is 0 Å². The Morgan fingerprint density at radius 2 is 2.00 bits per heavy atom. The van der Waals surface area contributed by atoms with Crippen molar-refractivity contribution in [3.05, 3.63) is 41.0 Å². The largest absolute Gasteiger partial charge is 0.256 e. The maximum absolute atomic E-state index is 6.16. The van der Waals surface area contributed by atoms with Gasteiger partial charge >= 0.3 is 0 Å². The lowest BCUT2D eigenvalue weighted by atomic mass is 10.00. The molecule has 0 radical (unpaired) electrons. The summed E-state index contributed by atoms with van der Waals surface area (Å²) in [5.41, 5.74) is 2.17. The lowest BCUT2D eigenvalue weighted by molar-refractivity contribution is 0.873. The van der Waals surface area contributed by atoms with Crippen molar-refractivity contribution >= 4 is 22.5 Å². The molecule has 0 aliphatic rings. The van der Waals surface area contributed by atoms with Crippen LogP contribution in [0, 0.1) is 0 Å². The Bertz CT molecular complexity index is 463. The van der Waals surface area contributed by atoms with Crippen LogP contribution in [0.15, 0.2) is 30.5 Å². The fourth-order valence-electron chi connectivity index (χ4n) is 1.69. The van der Waals surface area contributed by atoms with E-state index in [1.54, 1.807) is 0 Å². The first kappa shape index (κ1) is 9.47. The first-order valence-electron chi connectivity index (χ1n) is 4.73. The molecule has 1 heterocycles. The summed E-state index contributed by atoms with van der Waals surface area (Å²) in [5.74, 6) is 0.404. The van der Waals surface area contributed by atoms with E-state index in [0.717, 1.165) is 21.5 Å². The SMILES string of the molecule is CC(C)c1c(Cl)ccc2cccnc12. The van der Waals surface area contributed by atoms with Crippen molar-refractivity contribution in [3.63, 3.8) is 0 Å². The van der Waals surface area contributed by atoms with Crippen LogP contribution in [0.25, 0.3) is 10.9 Å². The Hall–Kier alpha value is -1.08. The van der Waals surface area contributed by atoms with Crippen LogP contribution >= 0.6 is 11.6 Å². The van der Waals surface area contributed by atoms with Gasteiger partial charge in [-0.15, -0.1) is 0 Å². The van der Waals surface area contributed by atoms with Gasteiger partial charge in [-0.2, -0.15) is 0 Å². The fraction of sp³-hybridized carbons (Fsp3) is 0.250. The van der Waals surface area contributed by atoms with Gasteiger partial charge in [0, 0.05) is 16.6 Å². The monoisotopic (exact) mass is 205 g/mol. The van der Waals surface area contributed by atoms with E-state index in [2.05, 4.69) is 24.9 Å². The van der Waals surface area contributed by atoms with Gasteiger partial charge in [-0.1, -0.05) is 37.6 Å². The lowest BCUT2D eigenvalue weighted by Crippen LogP contribution is -1.92. The number of fused-ring (bicyclic) bond motifs is 1. The number of pyridine rings is 1. The van der Waals surface area contributed by atoms with Crippen LogP contribution in [0.3, 0.4) is 0 Å². The van der Waals surface area contributed by atoms with E-state index in [1.165, 1.54) is 0 Å². The van der Waals surface area contributed by atoms with Gasteiger partial charge < -0.3 is 0 Å². The summed E-state index contributed by atoms with van der Waals surface area (Å²) in [6, 6.07) is 7.96. The molecule has 0 amide bonds. The van der Waals surface area contributed by atoms with Crippen molar-refractivity contribution in [1.82, 2.24) is 4.98 Å². The predicted octanol–water partition coefficient (Wildman–Crippen LogP) is 4.01. The van der Waals surface area contributed by atoms with Gasteiger partial charge in [0.05, 0.1) is 5.52 Å². The fourth-order valence-corrected chi connectivity index (χ4v) is 2.06. The van der Waals surface area contributed by atoms with E-state index in [4.69, 9.17) is 11.6 Å². The molecule has 1 nitrogen and oxygen atoms in total. The highest BCUT2D eigenvalue weighted by atomic mass is 35.5. The minimum absolute atomic E-state index is 0.404. The van der Waals surface area contributed by atoms with Gasteiger partial charge in [-0.3, -0.25) is 4.98 Å². The van der Waals surface area contributed by atoms with E-state index < -0.39 is 0 Å². The molecule has 0 atom stereocenters. The molecule has 1 aromatic carbocycles. The smallest absolute Gasteiger partial charge is 0.0751 e. The third-order valence-corrected chi connectivity index (χ3v) is 2.67. The quantitative estimate of drug-likeness (QED) is 0.686. The van der Waals surface area contributed by atoms with Crippen LogP contribution in [0.2, 0.25) is 5.02 Å². The molecule has 0 spiro atoms. The molecule has 0 saturated carbocycles. The number of hydrogen-bond donors (Lipinski definition) is 0. The second-order valence-corrected chi connectivity index (χ2v) is 4.10. The van der Waals surface area contributed by atoms with Crippen molar-refractivity contribution in [3.8, 4) is 0 Å². The molecular weight excluding hydrogens is 194 g/mol. The summed E-state index contributed by atoms with van der Waals surface area (Å²) in [4.78, 5) is 4.38. The van der Waals surface area contributed by atoms with Crippen LogP contribution in [-0.4, -0.2) is 4.98 Å². The van der Waals surface area contributed by atoms with Crippen LogP contribution in [0.5, 0.6) is 0 Å². The Labute approximate surface area is 88.7 Å². The van der Waals surface area contributed by atoms with Gasteiger partial charge in [0.2, 0.25) is 0 Å². The molecule has 14 heavy (non-hydrogen) atoms. The molecule has 0 aliphatic carbocycles. The molecule has 1 aromatic heterocycles. The van der Waals surface area contributed by atoms with Gasteiger partial charge in [-0.25, -0.2) is 0 Å². The highest BCUT2D eigenvalue weighted by molar-refractivity contribution is 6.32. The van der Waals surface area contributed by atoms with Crippen molar-refractivity contribution in [2.45, 2.75) is 19.8 Å². The molecule has 2 rings (SSSR count). The highest BCUT2D eigenvalue weighted by Gasteiger charge is 2.09. The summed E-state index contributed by atoms with van der Waals surface area (Å²) in [6.45, 7) is 4.27. The Balaban J connectivity index is 2.83. The normalized spacial score (nSPS) is 11.1. The Morgan fingerprint density at radius 3 is 2.71 bits per heavy atom. The molecule has 0 unspecified atom stereocenters. The summed E-state index contributed by atoms with van der Waals surface area (Å²) in [5, 5.41) is 1.96. The average Bonchev–Trinajstić information content (AvgIpc) is 2.17. The first-order chi connectivity index (χ1) is 6.70.